The number of pyridine rings is 1. The van der Waals surface area contributed by atoms with Crippen molar-refractivity contribution in [3.05, 3.63) is 35.5 Å². The van der Waals surface area contributed by atoms with Crippen LogP contribution in [0, 0.1) is 6.92 Å². The van der Waals surface area contributed by atoms with E-state index in [1.165, 1.54) is 22.5 Å². The van der Waals surface area contributed by atoms with Crippen molar-refractivity contribution in [3.63, 3.8) is 0 Å². The Hall–Kier alpha value is -2.03. The summed E-state index contributed by atoms with van der Waals surface area (Å²) in [5.41, 5.74) is 1.08. The smallest absolute Gasteiger partial charge is 0.336 e. The van der Waals surface area contributed by atoms with Crippen LogP contribution in [0.1, 0.15) is 16.1 Å². The second kappa shape index (κ2) is 5.88. The highest BCUT2D eigenvalue weighted by molar-refractivity contribution is 7.89. The van der Waals surface area contributed by atoms with Crippen LogP contribution in [0.25, 0.3) is 10.9 Å². The monoisotopic (exact) mass is 336 g/mol. The summed E-state index contributed by atoms with van der Waals surface area (Å²) in [6.45, 7) is 2.99. The number of sulfonamides is 1. The molecule has 0 bridgehead atoms. The van der Waals surface area contributed by atoms with E-state index in [0.29, 0.717) is 29.8 Å². The van der Waals surface area contributed by atoms with Gasteiger partial charge in [-0.1, -0.05) is 0 Å². The van der Waals surface area contributed by atoms with Crippen molar-refractivity contribution in [2.45, 2.75) is 11.8 Å². The molecule has 3 rings (SSSR count). The lowest BCUT2D eigenvalue weighted by molar-refractivity contribution is 0.0699. The summed E-state index contributed by atoms with van der Waals surface area (Å²) in [6.07, 6.45) is 0. The highest BCUT2D eigenvalue weighted by Gasteiger charge is 2.27. The van der Waals surface area contributed by atoms with E-state index in [1.807, 2.05) is 0 Å². The van der Waals surface area contributed by atoms with Gasteiger partial charge < -0.3 is 9.84 Å². The molecule has 0 spiro atoms. The number of hydrogen-bond acceptors (Lipinski definition) is 5. The minimum Gasteiger partial charge on any atom is -0.478 e. The predicted octanol–water partition coefficient (Wildman–Crippen LogP) is 1.26. The number of nitrogens with zero attached hydrogens (tertiary/aromatic N) is 2. The third-order valence-corrected chi connectivity index (χ3v) is 5.64. The van der Waals surface area contributed by atoms with Gasteiger partial charge >= 0.3 is 5.97 Å². The van der Waals surface area contributed by atoms with Gasteiger partial charge in [0.15, 0.2) is 0 Å². The zero-order valence-electron chi connectivity index (χ0n) is 12.5. The molecule has 1 N–H and O–H groups in total. The molecule has 0 radical (unpaired) electrons. The average molecular weight is 336 g/mol. The van der Waals surface area contributed by atoms with Gasteiger partial charge in [0.25, 0.3) is 0 Å². The maximum atomic E-state index is 12.7. The van der Waals surface area contributed by atoms with Crippen molar-refractivity contribution in [1.82, 2.24) is 9.29 Å². The first-order chi connectivity index (χ1) is 10.9. The standard InChI is InChI=1S/C15H16N2O5S/c1-10-8-13(15(18)19)12-9-11(2-3-14(12)16-10)23(20,21)17-4-6-22-7-5-17/h2-3,8-9H,4-7H2,1H3,(H,18,19). The number of rotatable bonds is 3. The topological polar surface area (TPSA) is 96.8 Å². The highest BCUT2D eigenvalue weighted by Crippen LogP contribution is 2.25. The largest absolute Gasteiger partial charge is 0.478 e. The Labute approximate surface area is 133 Å². The van der Waals surface area contributed by atoms with Gasteiger partial charge in [-0.3, -0.25) is 4.98 Å². The SMILES string of the molecule is Cc1cc(C(=O)O)c2cc(S(=O)(=O)N3CCOCC3)ccc2n1. The van der Waals surface area contributed by atoms with Gasteiger partial charge in [0, 0.05) is 24.2 Å². The van der Waals surface area contributed by atoms with Crippen LogP contribution in [0.4, 0.5) is 0 Å². The molecule has 1 saturated heterocycles. The summed E-state index contributed by atoms with van der Waals surface area (Å²) in [5.74, 6) is -1.11. The maximum absolute atomic E-state index is 12.7. The van der Waals surface area contributed by atoms with E-state index < -0.39 is 16.0 Å². The molecule has 0 atom stereocenters. The first kappa shape index (κ1) is 15.9. The third-order valence-electron chi connectivity index (χ3n) is 3.75. The summed E-state index contributed by atoms with van der Waals surface area (Å²) in [6, 6.07) is 5.83. The van der Waals surface area contributed by atoms with Crippen LogP contribution in [0.15, 0.2) is 29.2 Å². The Kier molecular flexibility index (Phi) is 4.05. The molecule has 0 amide bonds. The molecule has 1 aliphatic rings. The number of aromatic carboxylic acids is 1. The van der Waals surface area contributed by atoms with Gasteiger partial charge in [0.2, 0.25) is 10.0 Å². The van der Waals surface area contributed by atoms with Crippen LogP contribution in [-0.2, 0) is 14.8 Å². The van der Waals surface area contributed by atoms with Crippen molar-refractivity contribution < 1.29 is 23.1 Å². The normalized spacial score (nSPS) is 16.6. The third kappa shape index (κ3) is 2.92. The number of fused-ring (bicyclic) bond motifs is 1. The fraction of sp³-hybridized carbons (Fsp3) is 0.333. The van der Waals surface area contributed by atoms with Gasteiger partial charge in [-0.05, 0) is 31.2 Å². The number of ether oxygens (including phenoxy) is 1. The van der Waals surface area contributed by atoms with E-state index >= 15 is 0 Å². The number of carboxylic acids is 1. The Balaban J connectivity index is 2.14. The first-order valence-electron chi connectivity index (χ1n) is 7.12. The molecule has 7 nitrogen and oxygen atoms in total. The van der Waals surface area contributed by atoms with Crippen LogP contribution >= 0.6 is 0 Å². The van der Waals surface area contributed by atoms with Crippen LogP contribution in [0.5, 0.6) is 0 Å². The molecule has 23 heavy (non-hydrogen) atoms. The summed E-state index contributed by atoms with van der Waals surface area (Å²) >= 11 is 0. The molecule has 122 valence electrons. The van der Waals surface area contributed by atoms with E-state index in [9.17, 15) is 18.3 Å². The molecular formula is C15H16N2O5S. The van der Waals surface area contributed by atoms with Crippen molar-refractivity contribution >= 4 is 26.9 Å². The molecule has 0 unspecified atom stereocenters. The molecule has 1 aromatic carbocycles. The van der Waals surface area contributed by atoms with Gasteiger partial charge in [-0.15, -0.1) is 0 Å². The van der Waals surface area contributed by atoms with Gasteiger partial charge in [-0.25, -0.2) is 13.2 Å². The number of aromatic nitrogens is 1. The molecule has 0 saturated carbocycles. The number of morpholine rings is 1. The molecular weight excluding hydrogens is 320 g/mol. The fourth-order valence-corrected chi connectivity index (χ4v) is 4.05. The van der Waals surface area contributed by atoms with E-state index in [2.05, 4.69) is 4.98 Å². The molecule has 0 aliphatic carbocycles. The maximum Gasteiger partial charge on any atom is 0.336 e. The van der Waals surface area contributed by atoms with Gasteiger partial charge in [0.05, 0.1) is 29.2 Å². The van der Waals surface area contributed by atoms with Crippen LogP contribution < -0.4 is 0 Å². The summed E-state index contributed by atoms with van der Waals surface area (Å²) in [7, 11) is -3.67. The van der Waals surface area contributed by atoms with Crippen LogP contribution in [0.3, 0.4) is 0 Å². The van der Waals surface area contributed by atoms with Gasteiger partial charge in [-0.2, -0.15) is 4.31 Å². The molecule has 8 heteroatoms. The molecule has 2 aromatic rings. The Bertz CT molecular complexity index is 873. The summed E-state index contributed by atoms with van der Waals surface area (Å²) in [4.78, 5) is 15.8. The number of benzene rings is 1. The van der Waals surface area contributed by atoms with E-state index in [-0.39, 0.29) is 23.5 Å². The Morgan fingerprint density at radius 1 is 1.26 bits per heavy atom. The zero-order chi connectivity index (χ0) is 16.6. The minimum absolute atomic E-state index is 0.0477. The Morgan fingerprint density at radius 3 is 2.61 bits per heavy atom. The quantitative estimate of drug-likeness (QED) is 0.906. The molecule has 1 aromatic heterocycles. The van der Waals surface area contributed by atoms with Crippen molar-refractivity contribution in [2.75, 3.05) is 26.3 Å². The van der Waals surface area contributed by atoms with Gasteiger partial charge in [0.1, 0.15) is 0 Å². The molecule has 1 fully saturated rings. The summed E-state index contributed by atoms with van der Waals surface area (Å²) < 4.78 is 31.9. The lowest BCUT2D eigenvalue weighted by Crippen LogP contribution is -2.40. The minimum atomic E-state index is -3.67. The number of carbonyl (C=O) groups is 1. The van der Waals surface area contributed by atoms with E-state index in [0.717, 1.165) is 0 Å². The van der Waals surface area contributed by atoms with Crippen LogP contribution in [0.2, 0.25) is 0 Å². The molecule has 1 aliphatic heterocycles. The van der Waals surface area contributed by atoms with Crippen LogP contribution in [-0.4, -0.2) is 55.1 Å². The van der Waals surface area contributed by atoms with Crippen molar-refractivity contribution in [2.24, 2.45) is 0 Å². The average Bonchev–Trinajstić information content (AvgIpc) is 2.54. The zero-order valence-corrected chi connectivity index (χ0v) is 13.3. The van der Waals surface area contributed by atoms with E-state index in [1.54, 1.807) is 13.0 Å². The molecule has 2 heterocycles. The van der Waals surface area contributed by atoms with Crippen molar-refractivity contribution in [3.8, 4) is 0 Å². The second-order valence-electron chi connectivity index (χ2n) is 5.31. The first-order valence-corrected chi connectivity index (χ1v) is 8.56. The Morgan fingerprint density at radius 2 is 1.96 bits per heavy atom. The predicted molar refractivity (Wildman–Crippen MR) is 83.0 cm³/mol. The van der Waals surface area contributed by atoms with E-state index in [4.69, 9.17) is 4.74 Å². The number of hydrogen-bond donors (Lipinski definition) is 1. The summed E-state index contributed by atoms with van der Waals surface area (Å²) in [5, 5.41) is 9.66. The number of carboxylic acid groups (broad SMARTS) is 1. The lowest BCUT2D eigenvalue weighted by atomic mass is 10.1. The van der Waals surface area contributed by atoms with Crippen molar-refractivity contribution in [1.29, 1.82) is 0 Å². The lowest BCUT2D eigenvalue weighted by Gasteiger charge is -2.26. The second-order valence-corrected chi connectivity index (χ2v) is 7.25. The number of aryl methyl sites for hydroxylation is 1. The highest BCUT2D eigenvalue weighted by atomic mass is 32.2. The fourth-order valence-electron chi connectivity index (χ4n) is 2.61.